The lowest BCUT2D eigenvalue weighted by Gasteiger charge is -2.16. The third-order valence-corrected chi connectivity index (χ3v) is 3.04. The van der Waals surface area contributed by atoms with Gasteiger partial charge >= 0.3 is 0 Å². The third kappa shape index (κ3) is 2.11. The van der Waals surface area contributed by atoms with Crippen LogP contribution in [-0.2, 0) is 0 Å². The second-order valence-electron chi connectivity index (χ2n) is 4.31. The van der Waals surface area contributed by atoms with Gasteiger partial charge in [0.2, 0.25) is 0 Å². The smallest absolute Gasteiger partial charge is 0.164 e. The minimum absolute atomic E-state index is 0.160. The first-order valence-corrected chi connectivity index (χ1v) is 5.63. The van der Waals surface area contributed by atoms with Crippen LogP contribution in [0.2, 0.25) is 0 Å². The Balaban J connectivity index is 2.50. The molecule has 1 aromatic heterocycles. The number of hydrogen-bond donors (Lipinski definition) is 1. The van der Waals surface area contributed by atoms with Gasteiger partial charge in [-0.25, -0.2) is 8.78 Å². The molecule has 0 amide bonds. The molecule has 0 bridgehead atoms. The molecule has 0 radical (unpaired) electrons. The van der Waals surface area contributed by atoms with E-state index in [1.54, 1.807) is 18.5 Å². The lowest BCUT2D eigenvalue weighted by Crippen LogP contribution is -2.16. The average Bonchev–Trinajstić information content (AvgIpc) is 2.36. The lowest BCUT2D eigenvalue weighted by molar-refractivity contribution is 0.489. The molecule has 2 rings (SSSR count). The van der Waals surface area contributed by atoms with E-state index in [0.29, 0.717) is 0 Å². The Bertz CT molecular complexity index is 582. The molecule has 0 aliphatic carbocycles. The van der Waals surface area contributed by atoms with Crippen LogP contribution < -0.4 is 5.73 Å². The van der Waals surface area contributed by atoms with Crippen LogP contribution in [0.5, 0.6) is 0 Å². The van der Waals surface area contributed by atoms with Crippen LogP contribution in [0.4, 0.5) is 8.78 Å². The molecule has 4 heteroatoms. The van der Waals surface area contributed by atoms with Gasteiger partial charge in [-0.1, -0.05) is 12.1 Å². The van der Waals surface area contributed by atoms with Gasteiger partial charge in [0.1, 0.15) is 0 Å². The van der Waals surface area contributed by atoms with E-state index in [1.165, 1.54) is 19.1 Å². The van der Waals surface area contributed by atoms with Crippen molar-refractivity contribution in [3.63, 3.8) is 0 Å². The van der Waals surface area contributed by atoms with Crippen LogP contribution in [0.25, 0.3) is 0 Å². The van der Waals surface area contributed by atoms with Crippen LogP contribution in [0.3, 0.4) is 0 Å². The predicted molar refractivity (Wildman–Crippen MR) is 66.1 cm³/mol. The van der Waals surface area contributed by atoms with Gasteiger partial charge < -0.3 is 5.73 Å². The van der Waals surface area contributed by atoms with Gasteiger partial charge in [-0.05, 0) is 36.6 Å². The van der Waals surface area contributed by atoms with Gasteiger partial charge in [-0.2, -0.15) is 0 Å². The third-order valence-electron chi connectivity index (χ3n) is 3.04. The molecule has 0 saturated carbocycles. The Kier molecular flexibility index (Phi) is 3.39. The summed E-state index contributed by atoms with van der Waals surface area (Å²) in [6, 6.07) is 4.09. The van der Waals surface area contributed by atoms with Gasteiger partial charge in [-0.15, -0.1) is 0 Å². The summed E-state index contributed by atoms with van der Waals surface area (Å²) < 4.78 is 27.4. The molecule has 94 valence electrons. The van der Waals surface area contributed by atoms with Gasteiger partial charge in [0, 0.05) is 18.0 Å². The Morgan fingerprint density at radius 1 is 1.00 bits per heavy atom. The summed E-state index contributed by atoms with van der Waals surface area (Å²) in [6.45, 7) is 3.36. The van der Waals surface area contributed by atoms with Crippen molar-refractivity contribution in [1.29, 1.82) is 0 Å². The summed E-state index contributed by atoms with van der Waals surface area (Å²) in [5.74, 6) is -1.71. The summed E-state index contributed by atoms with van der Waals surface area (Å²) in [5, 5.41) is 0. The summed E-state index contributed by atoms with van der Waals surface area (Å²) in [6.07, 6.45) is 3.24. The molecule has 1 heterocycles. The lowest BCUT2D eigenvalue weighted by atomic mass is 9.96. The van der Waals surface area contributed by atoms with Gasteiger partial charge in [0.05, 0.1) is 6.04 Å². The van der Waals surface area contributed by atoms with Crippen LogP contribution in [0.1, 0.15) is 28.3 Å². The van der Waals surface area contributed by atoms with E-state index < -0.39 is 17.7 Å². The van der Waals surface area contributed by atoms with E-state index in [9.17, 15) is 8.78 Å². The molecular formula is C14H14F2N2. The molecular weight excluding hydrogens is 234 g/mol. The molecule has 0 saturated heterocycles. The highest BCUT2D eigenvalue weighted by molar-refractivity contribution is 5.37. The summed E-state index contributed by atoms with van der Waals surface area (Å²) in [5.41, 5.74) is 8.03. The van der Waals surface area contributed by atoms with E-state index in [-0.39, 0.29) is 11.1 Å². The molecule has 0 aliphatic heterocycles. The van der Waals surface area contributed by atoms with E-state index in [0.717, 1.165) is 11.1 Å². The van der Waals surface area contributed by atoms with Crippen LogP contribution in [-0.4, -0.2) is 4.98 Å². The summed E-state index contributed by atoms with van der Waals surface area (Å²) in [7, 11) is 0. The zero-order valence-corrected chi connectivity index (χ0v) is 10.2. The van der Waals surface area contributed by atoms with Gasteiger partial charge in [0.15, 0.2) is 11.6 Å². The molecule has 1 aromatic carbocycles. The molecule has 0 fully saturated rings. The Hall–Kier alpha value is -1.81. The number of aromatic nitrogens is 1. The van der Waals surface area contributed by atoms with Crippen molar-refractivity contribution < 1.29 is 8.78 Å². The molecule has 0 spiro atoms. The largest absolute Gasteiger partial charge is 0.320 e. The maximum Gasteiger partial charge on any atom is 0.164 e. The number of nitrogens with two attached hydrogens (primary N) is 1. The SMILES string of the molecule is Cc1cnccc1C(N)c1ccc(C)c(F)c1F. The number of aryl methyl sites for hydroxylation is 2. The van der Waals surface area contributed by atoms with Crippen molar-refractivity contribution in [2.24, 2.45) is 5.73 Å². The van der Waals surface area contributed by atoms with Crippen molar-refractivity contribution >= 4 is 0 Å². The number of hydrogen-bond acceptors (Lipinski definition) is 2. The zero-order valence-electron chi connectivity index (χ0n) is 10.2. The Morgan fingerprint density at radius 3 is 2.39 bits per heavy atom. The maximum absolute atomic E-state index is 13.9. The van der Waals surface area contributed by atoms with Crippen molar-refractivity contribution in [1.82, 2.24) is 4.98 Å². The number of halogens is 2. The highest BCUT2D eigenvalue weighted by Crippen LogP contribution is 2.26. The Labute approximate surface area is 104 Å². The monoisotopic (exact) mass is 248 g/mol. The zero-order chi connectivity index (χ0) is 13.3. The van der Waals surface area contributed by atoms with E-state index >= 15 is 0 Å². The quantitative estimate of drug-likeness (QED) is 0.887. The van der Waals surface area contributed by atoms with Crippen molar-refractivity contribution in [2.75, 3.05) is 0 Å². The first-order chi connectivity index (χ1) is 8.52. The maximum atomic E-state index is 13.9. The van der Waals surface area contributed by atoms with Gasteiger partial charge in [0.25, 0.3) is 0 Å². The molecule has 2 aromatic rings. The number of pyridine rings is 1. The van der Waals surface area contributed by atoms with Crippen molar-refractivity contribution in [3.05, 3.63) is 64.5 Å². The number of nitrogens with zero attached hydrogens (tertiary/aromatic N) is 1. The number of rotatable bonds is 2. The van der Waals surface area contributed by atoms with Crippen LogP contribution in [0, 0.1) is 25.5 Å². The normalized spacial score (nSPS) is 12.5. The molecule has 18 heavy (non-hydrogen) atoms. The number of benzene rings is 1. The van der Waals surface area contributed by atoms with Crippen LogP contribution >= 0.6 is 0 Å². The second kappa shape index (κ2) is 4.82. The van der Waals surface area contributed by atoms with Crippen molar-refractivity contribution in [3.8, 4) is 0 Å². The topological polar surface area (TPSA) is 38.9 Å². The van der Waals surface area contributed by atoms with Crippen molar-refractivity contribution in [2.45, 2.75) is 19.9 Å². The summed E-state index contributed by atoms with van der Waals surface area (Å²) >= 11 is 0. The Morgan fingerprint density at radius 2 is 1.72 bits per heavy atom. The predicted octanol–water partition coefficient (Wildman–Crippen LogP) is 3.02. The average molecular weight is 248 g/mol. The standard InChI is InChI=1S/C14H14F2N2/c1-8-3-4-11(13(16)12(8)15)14(17)10-5-6-18-7-9(10)2/h3-7,14H,17H2,1-2H3. The van der Waals surface area contributed by atoms with Gasteiger partial charge in [-0.3, -0.25) is 4.98 Å². The molecule has 0 aliphatic rings. The highest BCUT2D eigenvalue weighted by Gasteiger charge is 2.19. The van der Waals surface area contributed by atoms with E-state index in [1.807, 2.05) is 6.92 Å². The summed E-state index contributed by atoms with van der Waals surface area (Å²) in [4.78, 5) is 3.95. The van der Waals surface area contributed by atoms with E-state index in [4.69, 9.17) is 5.73 Å². The second-order valence-corrected chi connectivity index (χ2v) is 4.31. The minimum Gasteiger partial charge on any atom is -0.320 e. The first-order valence-electron chi connectivity index (χ1n) is 5.63. The molecule has 1 unspecified atom stereocenters. The first kappa shape index (κ1) is 12.6. The molecule has 1 atom stereocenters. The minimum atomic E-state index is -0.876. The highest BCUT2D eigenvalue weighted by atomic mass is 19.2. The van der Waals surface area contributed by atoms with Crippen LogP contribution in [0.15, 0.2) is 30.6 Å². The molecule has 2 nitrogen and oxygen atoms in total. The fraction of sp³-hybridized carbons (Fsp3) is 0.214. The molecule has 2 N–H and O–H groups in total. The fourth-order valence-electron chi connectivity index (χ4n) is 1.90. The van der Waals surface area contributed by atoms with E-state index in [2.05, 4.69) is 4.98 Å². The fourth-order valence-corrected chi connectivity index (χ4v) is 1.90.